The van der Waals surface area contributed by atoms with E-state index in [0.717, 1.165) is 16.9 Å². The van der Waals surface area contributed by atoms with Gasteiger partial charge in [0.1, 0.15) is 0 Å². The van der Waals surface area contributed by atoms with E-state index in [1.807, 2.05) is 13.1 Å². The molecule has 0 bridgehead atoms. The van der Waals surface area contributed by atoms with Gasteiger partial charge in [-0.3, -0.25) is 4.79 Å². The quantitative estimate of drug-likeness (QED) is 0.932. The molecule has 1 N–H and O–H groups in total. The second-order valence-electron chi connectivity index (χ2n) is 6.83. The molecule has 1 aliphatic carbocycles. The molecule has 1 aromatic carbocycles. The van der Waals surface area contributed by atoms with Crippen molar-refractivity contribution in [2.45, 2.75) is 59.0 Å². The SMILES string of the molecule is Cc1ccc(C)c(-n2cc(CNC3CCCC3)c(=O)cc2C)c1. The van der Waals surface area contributed by atoms with Gasteiger partial charge in [-0.25, -0.2) is 0 Å². The Morgan fingerprint density at radius 2 is 1.87 bits per heavy atom. The van der Waals surface area contributed by atoms with Crippen molar-refractivity contribution in [3.05, 3.63) is 63.1 Å². The highest BCUT2D eigenvalue weighted by Gasteiger charge is 2.15. The molecule has 23 heavy (non-hydrogen) atoms. The van der Waals surface area contributed by atoms with E-state index in [1.165, 1.54) is 36.8 Å². The maximum absolute atomic E-state index is 12.3. The van der Waals surface area contributed by atoms with Crippen LogP contribution in [0.3, 0.4) is 0 Å². The van der Waals surface area contributed by atoms with Crippen LogP contribution >= 0.6 is 0 Å². The Bertz CT molecular complexity index is 755. The first-order valence-corrected chi connectivity index (χ1v) is 8.58. The van der Waals surface area contributed by atoms with Crippen LogP contribution in [-0.2, 0) is 6.54 Å². The molecule has 0 unspecified atom stereocenters. The predicted molar refractivity (Wildman–Crippen MR) is 95.3 cm³/mol. The lowest BCUT2D eigenvalue weighted by Crippen LogP contribution is -2.28. The number of nitrogens with zero attached hydrogens (tertiary/aromatic N) is 1. The van der Waals surface area contributed by atoms with Crippen LogP contribution in [0.25, 0.3) is 5.69 Å². The third-order valence-electron chi connectivity index (χ3n) is 4.88. The van der Waals surface area contributed by atoms with Gasteiger partial charge < -0.3 is 9.88 Å². The minimum atomic E-state index is 0.134. The molecule has 122 valence electrons. The number of hydrogen-bond acceptors (Lipinski definition) is 2. The average Bonchev–Trinajstić information content (AvgIpc) is 3.02. The monoisotopic (exact) mass is 310 g/mol. The lowest BCUT2D eigenvalue weighted by atomic mass is 10.1. The Morgan fingerprint density at radius 3 is 2.61 bits per heavy atom. The van der Waals surface area contributed by atoms with Gasteiger partial charge in [0.05, 0.1) is 0 Å². The first kappa shape index (κ1) is 16.0. The van der Waals surface area contributed by atoms with E-state index >= 15 is 0 Å². The van der Waals surface area contributed by atoms with Crippen LogP contribution in [0.5, 0.6) is 0 Å². The van der Waals surface area contributed by atoms with Crippen LogP contribution in [0.2, 0.25) is 0 Å². The molecule has 0 atom stereocenters. The summed E-state index contributed by atoms with van der Waals surface area (Å²) in [5, 5.41) is 3.55. The van der Waals surface area contributed by atoms with Crippen molar-refractivity contribution in [1.82, 2.24) is 9.88 Å². The highest BCUT2D eigenvalue weighted by Crippen LogP contribution is 2.19. The van der Waals surface area contributed by atoms with Gasteiger partial charge in [-0.1, -0.05) is 25.0 Å². The van der Waals surface area contributed by atoms with Crippen molar-refractivity contribution in [3.8, 4) is 5.69 Å². The summed E-state index contributed by atoms with van der Waals surface area (Å²) >= 11 is 0. The van der Waals surface area contributed by atoms with E-state index in [1.54, 1.807) is 6.07 Å². The highest BCUT2D eigenvalue weighted by molar-refractivity contribution is 5.45. The molecule has 3 nitrogen and oxygen atoms in total. The first-order valence-electron chi connectivity index (χ1n) is 8.58. The van der Waals surface area contributed by atoms with E-state index in [0.29, 0.717) is 12.6 Å². The molecule has 3 rings (SSSR count). The maximum atomic E-state index is 12.3. The van der Waals surface area contributed by atoms with Gasteiger partial charge >= 0.3 is 0 Å². The van der Waals surface area contributed by atoms with Crippen molar-refractivity contribution in [2.24, 2.45) is 0 Å². The Balaban J connectivity index is 1.92. The van der Waals surface area contributed by atoms with E-state index in [2.05, 4.69) is 41.9 Å². The number of benzene rings is 1. The number of hydrogen-bond donors (Lipinski definition) is 1. The third kappa shape index (κ3) is 3.56. The zero-order valence-corrected chi connectivity index (χ0v) is 14.4. The molecule has 1 aliphatic rings. The molecule has 0 radical (unpaired) electrons. The summed E-state index contributed by atoms with van der Waals surface area (Å²) in [5.41, 5.74) is 5.57. The van der Waals surface area contributed by atoms with Gasteiger partial charge in [0.2, 0.25) is 0 Å². The largest absolute Gasteiger partial charge is 0.320 e. The Hall–Kier alpha value is -1.87. The van der Waals surface area contributed by atoms with Crippen LogP contribution in [0, 0.1) is 20.8 Å². The zero-order valence-electron chi connectivity index (χ0n) is 14.4. The Kier molecular flexibility index (Phi) is 4.67. The maximum Gasteiger partial charge on any atom is 0.186 e. The highest BCUT2D eigenvalue weighted by atomic mass is 16.1. The summed E-state index contributed by atoms with van der Waals surface area (Å²) < 4.78 is 2.15. The summed E-state index contributed by atoms with van der Waals surface area (Å²) in [5.74, 6) is 0. The van der Waals surface area contributed by atoms with Crippen LogP contribution < -0.4 is 10.7 Å². The van der Waals surface area contributed by atoms with Crippen molar-refractivity contribution in [1.29, 1.82) is 0 Å². The van der Waals surface area contributed by atoms with Gasteiger partial charge in [-0.15, -0.1) is 0 Å². The summed E-state index contributed by atoms with van der Waals surface area (Å²) in [7, 11) is 0. The standard InChI is InChI=1S/C20H26N2O/c1-14-8-9-15(2)19(10-14)22-13-17(20(23)11-16(22)3)12-21-18-6-4-5-7-18/h8-11,13,18,21H,4-7,12H2,1-3H3. The first-order chi connectivity index (χ1) is 11.0. The van der Waals surface area contributed by atoms with E-state index in [4.69, 9.17) is 0 Å². The van der Waals surface area contributed by atoms with Gasteiger partial charge in [0, 0.05) is 41.8 Å². The fourth-order valence-corrected chi connectivity index (χ4v) is 3.43. The lowest BCUT2D eigenvalue weighted by Gasteiger charge is -2.17. The van der Waals surface area contributed by atoms with Gasteiger partial charge in [-0.2, -0.15) is 0 Å². The van der Waals surface area contributed by atoms with Crippen molar-refractivity contribution >= 4 is 0 Å². The minimum absolute atomic E-state index is 0.134. The van der Waals surface area contributed by atoms with E-state index in [-0.39, 0.29) is 5.43 Å². The zero-order chi connectivity index (χ0) is 16.4. The molecule has 0 amide bonds. The Labute approximate surface area is 138 Å². The predicted octanol–water partition coefficient (Wildman–Crippen LogP) is 3.79. The molecule has 0 spiro atoms. The molecule has 0 aliphatic heterocycles. The van der Waals surface area contributed by atoms with E-state index < -0.39 is 0 Å². The van der Waals surface area contributed by atoms with Gasteiger partial charge in [0.25, 0.3) is 0 Å². The smallest absolute Gasteiger partial charge is 0.186 e. The minimum Gasteiger partial charge on any atom is -0.320 e. The Morgan fingerprint density at radius 1 is 1.13 bits per heavy atom. The third-order valence-corrected chi connectivity index (χ3v) is 4.88. The normalized spacial score (nSPS) is 15.3. The van der Waals surface area contributed by atoms with Crippen LogP contribution in [0.1, 0.15) is 48.1 Å². The lowest BCUT2D eigenvalue weighted by molar-refractivity contribution is 0.522. The van der Waals surface area contributed by atoms with Crippen LogP contribution in [-0.4, -0.2) is 10.6 Å². The number of rotatable bonds is 4. The molecule has 3 heteroatoms. The van der Waals surface area contributed by atoms with Crippen molar-refractivity contribution in [2.75, 3.05) is 0 Å². The number of aromatic nitrogens is 1. The molecule has 1 fully saturated rings. The molecule has 1 heterocycles. The second-order valence-corrected chi connectivity index (χ2v) is 6.83. The molecule has 1 aromatic heterocycles. The molecule has 1 saturated carbocycles. The second kappa shape index (κ2) is 6.71. The van der Waals surface area contributed by atoms with Crippen molar-refractivity contribution < 1.29 is 0 Å². The average molecular weight is 310 g/mol. The summed E-state index contributed by atoms with van der Waals surface area (Å²) in [6, 6.07) is 8.77. The van der Waals surface area contributed by atoms with Crippen molar-refractivity contribution in [3.63, 3.8) is 0 Å². The van der Waals surface area contributed by atoms with Crippen LogP contribution in [0.4, 0.5) is 0 Å². The molecular weight excluding hydrogens is 284 g/mol. The topological polar surface area (TPSA) is 34.0 Å². The van der Waals surface area contributed by atoms with Gasteiger partial charge in [-0.05, 0) is 50.8 Å². The van der Waals surface area contributed by atoms with E-state index in [9.17, 15) is 4.79 Å². The van der Waals surface area contributed by atoms with Gasteiger partial charge in [0.15, 0.2) is 5.43 Å². The number of aryl methyl sites for hydroxylation is 3. The summed E-state index contributed by atoms with van der Waals surface area (Å²) in [6.07, 6.45) is 7.09. The summed E-state index contributed by atoms with van der Waals surface area (Å²) in [4.78, 5) is 12.3. The molecule has 0 saturated heterocycles. The summed E-state index contributed by atoms with van der Waals surface area (Å²) in [6.45, 7) is 6.87. The fraction of sp³-hybridized carbons (Fsp3) is 0.450. The fourth-order valence-electron chi connectivity index (χ4n) is 3.43. The molecule has 2 aromatic rings. The number of pyridine rings is 1. The molecular formula is C20H26N2O. The number of nitrogens with one attached hydrogen (secondary N) is 1. The van der Waals surface area contributed by atoms with Crippen LogP contribution in [0.15, 0.2) is 35.3 Å².